The SMILES string of the molecule is CC1NCCC1C(=O)N[C@@H](C)c1ccncc1. The van der Waals surface area contributed by atoms with Gasteiger partial charge in [-0.15, -0.1) is 0 Å². The second kappa shape index (κ2) is 5.27. The molecule has 1 fully saturated rings. The van der Waals surface area contributed by atoms with E-state index in [0.717, 1.165) is 18.5 Å². The lowest BCUT2D eigenvalue weighted by molar-refractivity contribution is -0.125. The fourth-order valence-corrected chi connectivity index (χ4v) is 2.27. The number of aromatic nitrogens is 1. The lowest BCUT2D eigenvalue weighted by atomic mass is 10.00. The van der Waals surface area contributed by atoms with Gasteiger partial charge in [0.1, 0.15) is 0 Å². The van der Waals surface area contributed by atoms with E-state index in [1.54, 1.807) is 12.4 Å². The van der Waals surface area contributed by atoms with E-state index in [4.69, 9.17) is 0 Å². The zero-order chi connectivity index (χ0) is 12.3. The molecule has 2 heterocycles. The van der Waals surface area contributed by atoms with Crippen LogP contribution >= 0.6 is 0 Å². The van der Waals surface area contributed by atoms with Crippen LogP contribution in [0.2, 0.25) is 0 Å². The van der Waals surface area contributed by atoms with Crippen molar-refractivity contribution >= 4 is 5.91 Å². The van der Waals surface area contributed by atoms with E-state index in [-0.39, 0.29) is 23.9 Å². The van der Waals surface area contributed by atoms with Gasteiger partial charge in [-0.05, 0) is 44.5 Å². The summed E-state index contributed by atoms with van der Waals surface area (Å²) in [5, 5.41) is 6.35. The Morgan fingerprint density at radius 2 is 2.24 bits per heavy atom. The Hall–Kier alpha value is -1.42. The van der Waals surface area contributed by atoms with Crippen molar-refractivity contribution in [3.8, 4) is 0 Å². The number of rotatable bonds is 3. The van der Waals surface area contributed by atoms with Crippen LogP contribution in [0.25, 0.3) is 0 Å². The molecule has 2 N–H and O–H groups in total. The van der Waals surface area contributed by atoms with Crippen molar-refractivity contribution < 1.29 is 4.79 Å². The number of pyridine rings is 1. The summed E-state index contributed by atoms with van der Waals surface area (Å²) >= 11 is 0. The quantitative estimate of drug-likeness (QED) is 0.826. The minimum atomic E-state index is 0.0401. The molecule has 1 aromatic heterocycles. The molecule has 0 saturated carbocycles. The summed E-state index contributed by atoms with van der Waals surface area (Å²) in [7, 11) is 0. The maximum absolute atomic E-state index is 12.1. The standard InChI is InChI=1S/C13H19N3O/c1-9(11-3-6-14-7-4-11)16-13(17)12-5-8-15-10(12)2/h3-4,6-7,9-10,12,15H,5,8H2,1-2H3,(H,16,17)/t9-,10?,12?/m0/s1. The zero-order valence-corrected chi connectivity index (χ0v) is 10.3. The normalized spacial score (nSPS) is 25.5. The molecule has 1 aliphatic heterocycles. The van der Waals surface area contributed by atoms with Gasteiger partial charge >= 0.3 is 0 Å². The molecule has 4 nitrogen and oxygen atoms in total. The van der Waals surface area contributed by atoms with Crippen molar-refractivity contribution in [3.63, 3.8) is 0 Å². The predicted octanol–water partition coefficient (Wildman–Crippen LogP) is 1.26. The Morgan fingerprint density at radius 1 is 1.53 bits per heavy atom. The Balaban J connectivity index is 1.95. The molecule has 3 atom stereocenters. The molecule has 0 aliphatic carbocycles. The van der Waals surface area contributed by atoms with Gasteiger partial charge < -0.3 is 10.6 Å². The summed E-state index contributed by atoms with van der Waals surface area (Å²) < 4.78 is 0. The Bertz CT molecular complexity index is 380. The zero-order valence-electron chi connectivity index (χ0n) is 10.3. The van der Waals surface area contributed by atoms with Crippen LogP contribution in [0.4, 0.5) is 0 Å². The average Bonchev–Trinajstić information content (AvgIpc) is 2.76. The van der Waals surface area contributed by atoms with Gasteiger partial charge in [-0.3, -0.25) is 9.78 Å². The predicted molar refractivity (Wildman–Crippen MR) is 66.4 cm³/mol. The van der Waals surface area contributed by atoms with Crippen LogP contribution in [0.1, 0.15) is 31.9 Å². The Labute approximate surface area is 102 Å². The van der Waals surface area contributed by atoms with Crippen LogP contribution in [-0.4, -0.2) is 23.5 Å². The fraction of sp³-hybridized carbons (Fsp3) is 0.538. The van der Waals surface area contributed by atoms with Crippen LogP contribution < -0.4 is 10.6 Å². The van der Waals surface area contributed by atoms with E-state index in [2.05, 4.69) is 22.5 Å². The van der Waals surface area contributed by atoms with Gasteiger partial charge in [0.05, 0.1) is 12.0 Å². The Morgan fingerprint density at radius 3 is 2.82 bits per heavy atom. The average molecular weight is 233 g/mol. The summed E-state index contributed by atoms with van der Waals surface area (Å²) in [5.41, 5.74) is 1.09. The van der Waals surface area contributed by atoms with E-state index in [9.17, 15) is 4.79 Å². The van der Waals surface area contributed by atoms with Crippen molar-refractivity contribution in [1.29, 1.82) is 0 Å². The van der Waals surface area contributed by atoms with Crippen molar-refractivity contribution in [3.05, 3.63) is 30.1 Å². The molecule has 0 radical (unpaired) electrons. The molecule has 1 aliphatic rings. The minimum absolute atomic E-state index is 0.0401. The van der Waals surface area contributed by atoms with Crippen molar-refractivity contribution in [1.82, 2.24) is 15.6 Å². The summed E-state index contributed by atoms with van der Waals surface area (Å²) in [4.78, 5) is 16.0. The van der Waals surface area contributed by atoms with Crippen LogP contribution in [0.5, 0.6) is 0 Å². The van der Waals surface area contributed by atoms with E-state index in [1.807, 2.05) is 19.1 Å². The molecule has 1 aromatic rings. The number of carbonyl (C=O) groups excluding carboxylic acids is 1. The number of nitrogens with zero attached hydrogens (tertiary/aromatic N) is 1. The van der Waals surface area contributed by atoms with E-state index in [0.29, 0.717) is 0 Å². The fourth-order valence-electron chi connectivity index (χ4n) is 2.27. The van der Waals surface area contributed by atoms with E-state index < -0.39 is 0 Å². The highest BCUT2D eigenvalue weighted by molar-refractivity contribution is 5.80. The summed E-state index contributed by atoms with van der Waals surface area (Å²) in [5.74, 6) is 0.242. The van der Waals surface area contributed by atoms with Crippen LogP contribution in [0.15, 0.2) is 24.5 Å². The van der Waals surface area contributed by atoms with Gasteiger partial charge in [-0.25, -0.2) is 0 Å². The molecule has 2 rings (SSSR count). The molecule has 1 amide bonds. The molecule has 2 unspecified atom stereocenters. The number of amides is 1. The summed E-state index contributed by atoms with van der Waals surface area (Å²) in [6, 6.07) is 4.18. The molecule has 4 heteroatoms. The number of hydrogen-bond donors (Lipinski definition) is 2. The van der Waals surface area contributed by atoms with Gasteiger partial charge in [0.2, 0.25) is 5.91 Å². The topological polar surface area (TPSA) is 54.0 Å². The largest absolute Gasteiger partial charge is 0.349 e. The third-order valence-corrected chi connectivity index (χ3v) is 3.43. The number of carbonyl (C=O) groups is 1. The highest BCUT2D eigenvalue weighted by Gasteiger charge is 2.29. The third-order valence-electron chi connectivity index (χ3n) is 3.43. The van der Waals surface area contributed by atoms with Crippen LogP contribution in [0, 0.1) is 5.92 Å². The molecular formula is C13H19N3O. The smallest absolute Gasteiger partial charge is 0.225 e. The van der Waals surface area contributed by atoms with Gasteiger partial charge in [0, 0.05) is 18.4 Å². The Kier molecular flexibility index (Phi) is 3.74. The van der Waals surface area contributed by atoms with Gasteiger partial charge in [-0.1, -0.05) is 0 Å². The molecule has 17 heavy (non-hydrogen) atoms. The molecular weight excluding hydrogens is 214 g/mol. The molecule has 92 valence electrons. The monoisotopic (exact) mass is 233 g/mol. The first-order valence-corrected chi connectivity index (χ1v) is 6.12. The lowest BCUT2D eigenvalue weighted by Crippen LogP contribution is -2.37. The van der Waals surface area contributed by atoms with Crippen LogP contribution in [0.3, 0.4) is 0 Å². The third kappa shape index (κ3) is 2.82. The highest BCUT2D eigenvalue weighted by Crippen LogP contribution is 2.17. The number of nitrogens with one attached hydrogen (secondary N) is 2. The first-order chi connectivity index (χ1) is 8.18. The van der Waals surface area contributed by atoms with Crippen molar-refractivity contribution in [2.24, 2.45) is 5.92 Å². The summed E-state index contributed by atoms with van der Waals surface area (Å²) in [6.45, 7) is 5.00. The first-order valence-electron chi connectivity index (χ1n) is 6.12. The molecule has 0 aromatic carbocycles. The molecule has 1 saturated heterocycles. The second-order valence-electron chi connectivity index (χ2n) is 4.65. The van der Waals surface area contributed by atoms with E-state index >= 15 is 0 Å². The maximum Gasteiger partial charge on any atom is 0.225 e. The minimum Gasteiger partial charge on any atom is -0.349 e. The highest BCUT2D eigenvalue weighted by atomic mass is 16.2. The maximum atomic E-state index is 12.1. The lowest BCUT2D eigenvalue weighted by Gasteiger charge is -2.19. The molecule has 0 spiro atoms. The first kappa shape index (κ1) is 12.0. The number of hydrogen-bond acceptors (Lipinski definition) is 3. The van der Waals surface area contributed by atoms with Crippen molar-refractivity contribution in [2.75, 3.05) is 6.54 Å². The van der Waals surface area contributed by atoms with Gasteiger partial charge in [0.25, 0.3) is 0 Å². The van der Waals surface area contributed by atoms with Crippen molar-refractivity contribution in [2.45, 2.75) is 32.4 Å². The van der Waals surface area contributed by atoms with Crippen LogP contribution in [-0.2, 0) is 4.79 Å². The van der Waals surface area contributed by atoms with Gasteiger partial charge in [0.15, 0.2) is 0 Å². The second-order valence-corrected chi connectivity index (χ2v) is 4.65. The molecule has 0 bridgehead atoms. The summed E-state index contributed by atoms with van der Waals surface area (Å²) in [6.07, 6.45) is 4.42. The van der Waals surface area contributed by atoms with E-state index in [1.165, 1.54) is 0 Å². The van der Waals surface area contributed by atoms with Gasteiger partial charge in [-0.2, -0.15) is 0 Å².